The van der Waals surface area contributed by atoms with Gasteiger partial charge in [0.2, 0.25) is 0 Å². The molecule has 0 aliphatic heterocycles. The Bertz CT molecular complexity index is 484. The van der Waals surface area contributed by atoms with Crippen LogP contribution in [0.1, 0.15) is 54.4 Å². The van der Waals surface area contributed by atoms with Crippen LogP contribution in [0.4, 0.5) is 0 Å². The molecule has 1 aromatic rings. The van der Waals surface area contributed by atoms with Crippen molar-refractivity contribution in [1.29, 1.82) is 0 Å². The third-order valence-electron chi connectivity index (χ3n) is 4.67. The fraction of sp³-hybridized carbons (Fsp3) is 0.632. The molecule has 0 saturated heterocycles. The molecule has 1 saturated carbocycles. The zero-order valence-electron chi connectivity index (χ0n) is 14.5. The largest absolute Gasteiger partial charge is 0.380 e. The van der Waals surface area contributed by atoms with E-state index in [4.69, 9.17) is 4.74 Å². The lowest BCUT2D eigenvalue weighted by Gasteiger charge is -2.31. The van der Waals surface area contributed by atoms with Gasteiger partial charge in [0, 0.05) is 25.3 Å². The molecule has 4 nitrogen and oxygen atoms in total. The van der Waals surface area contributed by atoms with Gasteiger partial charge in [-0.15, -0.1) is 0 Å². The molecule has 1 N–H and O–H groups in total. The summed E-state index contributed by atoms with van der Waals surface area (Å²) in [5.41, 5.74) is 1.73. The predicted molar refractivity (Wildman–Crippen MR) is 93.6 cm³/mol. The molecule has 0 spiro atoms. The van der Waals surface area contributed by atoms with E-state index in [2.05, 4.69) is 17.3 Å². The molecule has 2 rings (SSSR count). The van der Waals surface area contributed by atoms with Gasteiger partial charge in [0.1, 0.15) is 0 Å². The molecule has 0 radical (unpaired) electrons. The average molecular weight is 318 g/mol. The topological polar surface area (TPSA) is 41.6 Å². The van der Waals surface area contributed by atoms with Crippen LogP contribution < -0.4 is 5.32 Å². The monoisotopic (exact) mass is 318 g/mol. The molecular weight excluding hydrogens is 288 g/mol. The van der Waals surface area contributed by atoms with Crippen molar-refractivity contribution in [3.05, 3.63) is 35.4 Å². The van der Waals surface area contributed by atoms with Gasteiger partial charge in [-0.05, 0) is 50.6 Å². The summed E-state index contributed by atoms with van der Waals surface area (Å²) in [6.07, 6.45) is 7.77. The molecule has 1 amide bonds. The number of carbonyl (C=O) groups is 1. The minimum atomic E-state index is 0.00303. The van der Waals surface area contributed by atoms with Crippen LogP contribution in [0.15, 0.2) is 24.3 Å². The fourth-order valence-electron chi connectivity index (χ4n) is 3.31. The summed E-state index contributed by atoms with van der Waals surface area (Å²) in [6, 6.07) is 8.36. The Morgan fingerprint density at radius 2 is 2.09 bits per heavy atom. The van der Waals surface area contributed by atoms with Crippen molar-refractivity contribution in [2.24, 2.45) is 0 Å². The van der Waals surface area contributed by atoms with E-state index >= 15 is 0 Å². The van der Waals surface area contributed by atoms with Gasteiger partial charge < -0.3 is 15.0 Å². The summed E-state index contributed by atoms with van der Waals surface area (Å²) in [6.45, 7) is 2.31. The van der Waals surface area contributed by atoms with Crippen LogP contribution >= 0.6 is 0 Å². The number of hydrogen-bond donors (Lipinski definition) is 1. The highest BCUT2D eigenvalue weighted by Gasteiger charge is 2.17. The van der Waals surface area contributed by atoms with Gasteiger partial charge in [0.25, 0.3) is 5.91 Å². The van der Waals surface area contributed by atoms with Gasteiger partial charge in [-0.2, -0.15) is 0 Å². The normalized spacial score (nSPS) is 15.8. The van der Waals surface area contributed by atoms with Crippen molar-refractivity contribution in [2.75, 3.05) is 27.2 Å². The molecule has 23 heavy (non-hydrogen) atoms. The standard InChI is InChI=1S/C19H30N2O2/c1-21(18-10-4-3-5-11-18)13-7-12-20-19(22)17-9-6-8-16(14-17)15-23-2/h6,8-9,14,18H,3-5,7,10-13,15H2,1-2H3,(H,20,22). The van der Waals surface area contributed by atoms with E-state index < -0.39 is 0 Å². The molecule has 1 aromatic carbocycles. The molecule has 4 heteroatoms. The minimum absolute atomic E-state index is 0.00303. The second-order valence-corrected chi connectivity index (χ2v) is 6.52. The van der Waals surface area contributed by atoms with Crippen LogP contribution in [0.5, 0.6) is 0 Å². The van der Waals surface area contributed by atoms with E-state index in [9.17, 15) is 4.79 Å². The Morgan fingerprint density at radius 3 is 2.83 bits per heavy atom. The quantitative estimate of drug-likeness (QED) is 0.748. The first-order chi connectivity index (χ1) is 11.2. The number of amides is 1. The summed E-state index contributed by atoms with van der Waals surface area (Å²) >= 11 is 0. The number of carbonyl (C=O) groups excluding carboxylic acids is 1. The lowest BCUT2D eigenvalue weighted by atomic mass is 9.94. The number of hydrogen-bond acceptors (Lipinski definition) is 3. The lowest BCUT2D eigenvalue weighted by Crippen LogP contribution is -2.35. The summed E-state index contributed by atoms with van der Waals surface area (Å²) in [7, 11) is 3.88. The number of benzene rings is 1. The molecule has 1 fully saturated rings. The van der Waals surface area contributed by atoms with Crippen LogP contribution in [-0.4, -0.2) is 44.1 Å². The third-order valence-corrected chi connectivity index (χ3v) is 4.67. The molecular formula is C19H30N2O2. The lowest BCUT2D eigenvalue weighted by molar-refractivity contribution is 0.0950. The van der Waals surface area contributed by atoms with Crippen molar-refractivity contribution in [2.45, 2.75) is 51.2 Å². The smallest absolute Gasteiger partial charge is 0.251 e. The number of nitrogens with one attached hydrogen (secondary N) is 1. The Morgan fingerprint density at radius 1 is 1.30 bits per heavy atom. The van der Waals surface area contributed by atoms with E-state index in [1.807, 2.05) is 24.3 Å². The van der Waals surface area contributed by atoms with Crippen molar-refractivity contribution in [3.8, 4) is 0 Å². The van der Waals surface area contributed by atoms with Crippen LogP contribution in [0.25, 0.3) is 0 Å². The molecule has 0 bridgehead atoms. The van der Waals surface area contributed by atoms with Crippen LogP contribution in [0.2, 0.25) is 0 Å². The Kier molecular flexibility index (Phi) is 7.56. The second kappa shape index (κ2) is 9.68. The number of methoxy groups -OCH3 is 1. The SMILES string of the molecule is COCc1cccc(C(=O)NCCCN(C)C2CCCCC2)c1. The third kappa shape index (κ3) is 5.96. The van der Waals surface area contributed by atoms with Gasteiger partial charge in [-0.1, -0.05) is 31.4 Å². The van der Waals surface area contributed by atoms with Gasteiger partial charge in [-0.25, -0.2) is 0 Å². The van der Waals surface area contributed by atoms with E-state index in [0.29, 0.717) is 12.2 Å². The van der Waals surface area contributed by atoms with E-state index in [-0.39, 0.29) is 5.91 Å². The van der Waals surface area contributed by atoms with Gasteiger partial charge in [-0.3, -0.25) is 4.79 Å². The first kappa shape index (κ1) is 18.0. The highest BCUT2D eigenvalue weighted by atomic mass is 16.5. The zero-order chi connectivity index (χ0) is 16.5. The summed E-state index contributed by atoms with van der Waals surface area (Å²) < 4.78 is 5.11. The van der Waals surface area contributed by atoms with Crippen molar-refractivity contribution >= 4 is 5.91 Å². The minimum Gasteiger partial charge on any atom is -0.380 e. The predicted octanol–water partition coefficient (Wildman–Crippen LogP) is 3.22. The van der Waals surface area contributed by atoms with Crippen molar-refractivity contribution in [3.63, 3.8) is 0 Å². The molecule has 0 aromatic heterocycles. The molecule has 0 heterocycles. The van der Waals surface area contributed by atoms with Crippen molar-refractivity contribution in [1.82, 2.24) is 10.2 Å². The highest BCUT2D eigenvalue weighted by molar-refractivity contribution is 5.94. The second-order valence-electron chi connectivity index (χ2n) is 6.52. The maximum Gasteiger partial charge on any atom is 0.251 e. The maximum atomic E-state index is 12.2. The summed E-state index contributed by atoms with van der Waals surface area (Å²) in [4.78, 5) is 14.6. The summed E-state index contributed by atoms with van der Waals surface area (Å²) in [5.74, 6) is 0.00303. The van der Waals surface area contributed by atoms with Crippen LogP contribution in [0.3, 0.4) is 0 Å². The highest BCUT2D eigenvalue weighted by Crippen LogP contribution is 2.21. The Balaban J connectivity index is 1.69. The average Bonchev–Trinajstić information content (AvgIpc) is 2.59. The summed E-state index contributed by atoms with van der Waals surface area (Å²) in [5, 5.41) is 3.02. The van der Waals surface area contributed by atoms with E-state index in [1.54, 1.807) is 7.11 Å². The van der Waals surface area contributed by atoms with Gasteiger partial charge in [0.15, 0.2) is 0 Å². The Labute approximate surface area is 140 Å². The first-order valence-electron chi connectivity index (χ1n) is 8.77. The molecule has 1 aliphatic carbocycles. The number of rotatable bonds is 8. The van der Waals surface area contributed by atoms with E-state index in [1.165, 1.54) is 32.1 Å². The maximum absolute atomic E-state index is 12.2. The van der Waals surface area contributed by atoms with Crippen LogP contribution in [0, 0.1) is 0 Å². The van der Waals surface area contributed by atoms with Crippen molar-refractivity contribution < 1.29 is 9.53 Å². The molecule has 1 aliphatic rings. The number of ether oxygens (including phenoxy) is 1. The fourth-order valence-corrected chi connectivity index (χ4v) is 3.31. The molecule has 128 valence electrons. The van der Waals surface area contributed by atoms with Gasteiger partial charge >= 0.3 is 0 Å². The zero-order valence-corrected chi connectivity index (χ0v) is 14.5. The van der Waals surface area contributed by atoms with E-state index in [0.717, 1.165) is 31.1 Å². The Hall–Kier alpha value is -1.39. The first-order valence-corrected chi connectivity index (χ1v) is 8.77. The molecule has 0 unspecified atom stereocenters. The molecule has 0 atom stereocenters. The number of nitrogens with zero attached hydrogens (tertiary/aromatic N) is 1. The van der Waals surface area contributed by atoms with Crippen LogP contribution in [-0.2, 0) is 11.3 Å². The van der Waals surface area contributed by atoms with Gasteiger partial charge in [0.05, 0.1) is 6.61 Å².